The van der Waals surface area contributed by atoms with Crippen molar-refractivity contribution in [2.45, 2.75) is 6.92 Å². The zero-order valence-corrected chi connectivity index (χ0v) is 9.32. The Kier molecular flexibility index (Phi) is 2.82. The zero-order valence-electron chi connectivity index (χ0n) is 9.32. The molecule has 0 aliphatic carbocycles. The Bertz CT molecular complexity index is 504. The van der Waals surface area contributed by atoms with Crippen LogP contribution >= 0.6 is 0 Å². The fourth-order valence-electron chi connectivity index (χ4n) is 1.60. The number of phenolic OH excluding ortho intramolecular Hbond substituents is 1. The maximum absolute atomic E-state index is 9.87. The van der Waals surface area contributed by atoms with Crippen LogP contribution in [0.5, 0.6) is 11.5 Å². The molecule has 0 bridgehead atoms. The molecule has 0 aliphatic rings. The molecule has 2 nitrogen and oxygen atoms in total. The summed E-state index contributed by atoms with van der Waals surface area (Å²) in [5.74, 6) is 0.857. The van der Waals surface area contributed by atoms with E-state index in [2.05, 4.69) is 6.07 Å². The highest BCUT2D eigenvalue weighted by Gasteiger charge is 2.05. The van der Waals surface area contributed by atoms with Crippen molar-refractivity contribution >= 4 is 0 Å². The molecule has 0 heterocycles. The number of methoxy groups -OCH3 is 1. The minimum Gasteiger partial charge on any atom is -0.507 e. The summed E-state index contributed by atoms with van der Waals surface area (Å²) in [6.07, 6.45) is 0. The van der Waals surface area contributed by atoms with Crippen LogP contribution in [0.15, 0.2) is 36.4 Å². The van der Waals surface area contributed by atoms with Crippen LogP contribution in [0.1, 0.15) is 5.56 Å². The van der Waals surface area contributed by atoms with Crippen molar-refractivity contribution in [3.63, 3.8) is 0 Å². The van der Waals surface area contributed by atoms with Gasteiger partial charge in [0.2, 0.25) is 0 Å². The minimum atomic E-state index is 0.209. The molecule has 0 spiro atoms. The molecule has 81 valence electrons. The molecule has 16 heavy (non-hydrogen) atoms. The topological polar surface area (TPSA) is 29.5 Å². The molecule has 0 amide bonds. The number of phenols is 1. The van der Waals surface area contributed by atoms with E-state index in [9.17, 15) is 5.11 Å². The Balaban J connectivity index is 2.48. The SMILES string of the molecule is COc1ccc(-c2[c]ccc(C)c2)c(O)c1. The normalized spacial score (nSPS) is 10.1. The van der Waals surface area contributed by atoms with E-state index in [1.54, 1.807) is 13.2 Å². The Morgan fingerprint density at radius 3 is 2.62 bits per heavy atom. The monoisotopic (exact) mass is 213 g/mol. The average molecular weight is 213 g/mol. The zero-order chi connectivity index (χ0) is 11.5. The highest BCUT2D eigenvalue weighted by atomic mass is 16.5. The first-order valence-corrected chi connectivity index (χ1v) is 5.06. The second kappa shape index (κ2) is 4.27. The highest BCUT2D eigenvalue weighted by Crippen LogP contribution is 2.32. The lowest BCUT2D eigenvalue weighted by molar-refractivity contribution is 0.408. The first-order chi connectivity index (χ1) is 7.70. The molecular formula is C14H13O2. The molecule has 2 rings (SSSR count). The molecule has 2 aromatic carbocycles. The molecule has 2 aromatic rings. The summed E-state index contributed by atoms with van der Waals surface area (Å²) in [5.41, 5.74) is 2.80. The average Bonchev–Trinajstić information content (AvgIpc) is 2.28. The molecule has 0 aromatic heterocycles. The lowest BCUT2D eigenvalue weighted by Gasteiger charge is -2.07. The fraction of sp³-hybridized carbons (Fsp3) is 0.143. The van der Waals surface area contributed by atoms with Crippen LogP contribution in [-0.2, 0) is 0 Å². The number of aromatic hydroxyl groups is 1. The van der Waals surface area contributed by atoms with E-state index in [0.717, 1.165) is 16.7 Å². The van der Waals surface area contributed by atoms with Gasteiger partial charge in [-0.2, -0.15) is 0 Å². The summed E-state index contributed by atoms with van der Waals surface area (Å²) in [7, 11) is 1.58. The van der Waals surface area contributed by atoms with Crippen LogP contribution in [0.25, 0.3) is 11.1 Å². The number of benzene rings is 2. The van der Waals surface area contributed by atoms with Crippen LogP contribution in [-0.4, -0.2) is 12.2 Å². The molecule has 0 saturated heterocycles. The Morgan fingerprint density at radius 2 is 2.00 bits per heavy atom. The number of aryl methyl sites for hydroxylation is 1. The van der Waals surface area contributed by atoms with Crippen molar-refractivity contribution in [2.24, 2.45) is 0 Å². The van der Waals surface area contributed by atoms with Gasteiger partial charge < -0.3 is 9.84 Å². The van der Waals surface area contributed by atoms with Gasteiger partial charge in [-0.15, -0.1) is 0 Å². The third kappa shape index (κ3) is 2.01. The standard InChI is InChI=1S/C14H13O2/c1-10-4-3-5-11(8-10)13-7-6-12(16-2)9-14(13)15/h3-4,6-9,15H,1-2H3. The van der Waals surface area contributed by atoms with Gasteiger partial charge in [0.25, 0.3) is 0 Å². The maximum Gasteiger partial charge on any atom is 0.127 e. The fourth-order valence-corrected chi connectivity index (χ4v) is 1.60. The second-order valence-corrected chi connectivity index (χ2v) is 3.66. The van der Waals surface area contributed by atoms with Crippen molar-refractivity contribution in [3.05, 3.63) is 48.0 Å². The molecule has 0 aliphatic heterocycles. The number of hydrogen-bond donors (Lipinski definition) is 1. The largest absolute Gasteiger partial charge is 0.507 e. The van der Waals surface area contributed by atoms with Crippen molar-refractivity contribution in [2.75, 3.05) is 7.11 Å². The molecule has 1 N–H and O–H groups in total. The van der Waals surface area contributed by atoms with Gasteiger partial charge in [0, 0.05) is 11.6 Å². The third-order valence-electron chi connectivity index (χ3n) is 2.45. The number of hydrogen-bond acceptors (Lipinski definition) is 2. The van der Waals surface area contributed by atoms with E-state index in [-0.39, 0.29) is 5.75 Å². The summed E-state index contributed by atoms with van der Waals surface area (Å²) < 4.78 is 5.04. The van der Waals surface area contributed by atoms with Crippen molar-refractivity contribution in [1.29, 1.82) is 0 Å². The van der Waals surface area contributed by atoms with Gasteiger partial charge in [-0.1, -0.05) is 23.8 Å². The third-order valence-corrected chi connectivity index (χ3v) is 2.45. The summed E-state index contributed by atoms with van der Waals surface area (Å²) in [5, 5.41) is 9.87. The first-order valence-electron chi connectivity index (χ1n) is 5.06. The summed E-state index contributed by atoms with van der Waals surface area (Å²) >= 11 is 0. The van der Waals surface area contributed by atoms with E-state index >= 15 is 0 Å². The molecular weight excluding hydrogens is 200 g/mol. The number of ether oxygens (including phenoxy) is 1. The van der Waals surface area contributed by atoms with Crippen LogP contribution in [0.3, 0.4) is 0 Å². The lowest BCUT2D eigenvalue weighted by Crippen LogP contribution is -1.85. The van der Waals surface area contributed by atoms with Gasteiger partial charge in [0.05, 0.1) is 7.11 Å². The molecule has 1 radical (unpaired) electrons. The second-order valence-electron chi connectivity index (χ2n) is 3.66. The lowest BCUT2D eigenvalue weighted by atomic mass is 10.0. The van der Waals surface area contributed by atoms with Gasteiger partial charge in [-0.25, -0.2) is 0 Å². The number of rotatable bonds is 2. The first kappa shape index (κ1) is 10.6. The Hall–Kier alpha value is -1.96. The summed E-state index contributed by atoms with van der Waals surface area (Å²) in [4.78, 5) is 0. The summed E-state index contributed by atoms with van der Waals surface area (Å²) in [6.45, 7) is 2.01. The van der Waals surface area contributed by atoms with Crippen molar-refractivity contribution in [3.8, 4) is 22.6 Å². The van der Waals surface area contributed by atoms with Crippen LogP contribution in [0.4, 0.5) is 0 Å². The molecule has 0 unspecified atom stereocenters. The van der Waals surface area contributed by atoms with Gasteiger partial charge >= 0.3 is 0 Å². The van der Waals surface area contributed by atoms with Crippen molar-refractivity contribution in [1.82, 2.24) is 0 Å². The Morgan fingerprint density at radius 1 is 1.19 bits per heavy atom. The van der Waals surface area contributed by atoms with E-state index in [1.807, 2.05) is 37.3 Å². The van der Waals surface area contributed by atoms with Gasteiger partial charge in [0.15, 0.2) is 0 Å². The quantitative estimate of drug-likeness (QED) is 0.830. The van der Waals surface area contributed by atoms with E-state index in [4.69, 9.17) is 4.74 Å². The predicted octanol–water partition coefficient (Wildman–Crippen LogP) is 3.18. The molecule has 2 heteroatoms. The Labute approximate surface area is 95.1 Å². The van der Waals surface area contributed by atoms with Crippen molar-refractivity contribution < 1.29 is 9.84 Å². The maximum atomic E-state index is 9.87. The van der Waals surface area contributed by atoms with Gasteiger partial charge in [-0.05, 0) is 30.7 Å². The smallest absolute Gasteiger partial charge is 0.127 e. The molecule has 0 atom stereocenters. The van der Waals surface area contributed by atoms with E-state index in [0.29, 0.717) is 5.75 Å². The highest BCUT2D eigenvalue weighted by molar-refractivity contribution is 5.71. The molecule has 0 saturated carbocycles. The predicted molar refractivity (Wildman–Crippen MR) is 63.7 cm³/mol. The molecule has 0 fully saturated rings. The van der Waals surface area contributed by atoms with Crippen LogP contribution in [0.2, 0.25) is 0 Å². The van der Waals surface area contributed by atoms with Gasteiger partial charge in [-0.3, -0.25) is 0 Å². The van der Waals surface area contributed by atoms with Gasteiger partial charge in [0.1, 0.15) is 11.5 Å². The minimum absolute atomic E-state index is 0.209. The van der Waals surface area contributed by atoms with E-state index in [1.165, 1.54) is 0 Å². The van der Waals surface area contributed by atoms with E-state index < -0.39 is 0 Å². The van der Waals surface area contributed by atoms with Crippen LogP contribution in [0, 0.1) is 13.0 Å². The van der Waals surface area contributed by atoms with Crippen LogP contribution < -0.4 is 4.74 Å². The summed E-state index contributed by atoms with van der Waals surface area (Å²) in [6, 6.07) is 14.2.